The highest BCUT2D eigenvalue weighted by atomic mass is 15.1. The molecule has 0 saturated heterocycles. The molecule has 1 aliphatic carbocycles. The van der Waals surface area contributed by atoms with E-state index in [0.29, 0.717) is 0 Å². The summed E-state index contributed by atoms with van der Waals surface area (Å²) < 4.78 is 0. The lowest BCUT2D eigenvalue weighted by atomic mass is 10.4. The molecule has 0 heterocycles. The van der Waals surface area contributed by atoms with Crippen molar-refractivity contribution in [2.75, 3.05) is 20.6 Å². The van der Waals surface area contributed by atoms with Crippen molar-refractivity contribution < 1.29 is 0 Å². The Morgan fingerprint density at radius 1 is 1.60 bits per heavy atom. The molecular formula is C8H16N2. The van der Waals surface area contributed by atoms with E-state index in [2.05, 4.69) is 16.9 Å². The van der Waals surface area contributed by atoms with Crippen molar-refractivity contribution >= 4 is 6.21 Å². The van der Waals surface area contributed by atoms with E-state index in [4.69, 9.17) is 0 Å². The first-order chi connectivity index (χ1) is 4.84. The maximum atomic E-state index is 3.94. The standard InChI is InChI=1S/C8H16N2/c1-9-6-3-7-10(2)8-4-5-8/h6,8H,3-5,7H2,1-2H3/b9-6+. The predicted octanol–water partition coefficient (Wildman–Crippen LogP) is 1.17. The smallest absolute Gasteiger partial charge is 0.0273 e. The third-order valence-corrected chi connectivity index (χ3v) is 1.96. The molecule has 0 aromatic heterocycles. The molecule has 0 aromatic rings. The van der Waals surface area contributed by atoms with Crippen molar-refractivity contribution in [1.82, 2.24) is 4.90 Å². The van der Waals surface area contributed by atoms with Gasteiger partial charge in [0, 0.05) is 19.6 Å². The van der Waals surface area contributed by atoms with E-state index in [9.17, 15) is 0 Å². The molecule has 0 aromatic carbocycles. The van der Waals surface area contributed by atoms with Gasteiger partial charge in [-0.15, -0.1) is 0 Å². The van der Waals surface area contributed by atoms with Crippen LogP contribution in [-0.2, 0) is 0 Å². The lowest BCUT2D eigenvalue weighted by Gasteiger charge is -2.12. The summed E-state index contributed by atoms with van der Waals surface area (Å²) in [5, 5.41) is 0. The highest BCUT2D eigenvalue weighted by molar-refractivity contribution is 5.56. The number of nitrogens with zero attached hydrogens (tertiary/aromatic N) is 2. The van der Waals surface area contributed by atoms with E-state index in [0.717, 1.165) is 12.5 Å². The summed E-state index contributed by atoms with van der Waals surface area (Å²) in [6.07, 6.45) is 5.89. The van der Waals surface area contributed by atoms with E-state index >= 15 is 0 Å². The maximum Gasteiger partial charge on any atom is 0.0273 e. The maximum absolute atomic E-state index is 3.94. The van der Waals surface area contributed by atoms with E-state index in [1.165, 1.54) is 19.4 Å². The topological polar surface area (TPSA) is 15.6 Å². The van der Waals surface area contributed by atoms with E-state index in [1.807, 2.05) is 13.3 Å². The molecule has 1 rings (SSSR count). The van der Waals surface area contributed by atoms with Gasteiger partial charge >= 0.3 is 0 Å². The molecule has 10 heavy (non-hydrogen) atoms. The van der Waals surface area contributed by atoms with Gasteiger partial charge in [-0.3, -0.25) is 0 Å². The zero-order valence-corrected chi connectivity index (χ0v) is 6.88. The molecule has 0 aliphatic heterocycles. The van der Waals surface area contributed by atoms with Gasteiger partial charge in [-0.1, -0.05) is 0 Å². The highest BCUT2D eigenvalue weighted by Crippen LogP contribution is 2.24. The van der Waals surface area contributed by atoms with Gasteiger partial charge in [-0.25, -0.2) is 0 Å². The normalized spacial score (nSPS) is 19.1. The molecule has 1 aliphatic rings. The Balaban J connectivity index is 2.00. The van der Waals surface area contributed by atoms with Crippen LogP contribution >= 0.6 is 0 Å². The SMILES string of the molecule is C/N=C/CCN(C)C1CC1. The van der Waals surface area contributed by atoms with Crippen molar-refractivity contribution in [2.24, 2.45) is 4.99 Å². The first-order valence-electron chi connectivity index (χ1n) is 3.95. The zero-order valence-electron chi connectivity index (χ0n) is 6.88. The van der Waals surface area contributed by atoms with Crippen LogP contribution in [0.3, 0.4) is 0 Å². The molecular weight excluding hydrogens is 124 g/mol. The summed E-state index contributed by atoms with van der Waals surface area (Å²) in [6.45, 7) is 1.17. The van der Waals surface area contributed by atoms with Crippen LogP contribution < -0.4 is 0 Å². The van der Waals surface area contributed by atoms with Crippen LogP contribution in [0.1, 0.15) is 19.3 Å². The Labute approximate surface area is 62.9 Å². The zero-order chi connectivity index (χ0) is 7.40. The predicted molar refractivity (Wildman–Crippen MR) is 44.7 cm³/mol. The number of hydrogen-bond donors (Lipinski definition) is 0. The molecule has 1 fully saturated rings. The Kier molecular flexibility index (Phi) is 2.87. The minimum Gasteiger partial charge on any atom is -0.303 e. The van der Waals surface area contributed by atoms with Crippen molar-refractivity contribution in [1.29, 1.82) is 0 Å². The van der Waals surface area contributed by atoms with Crippen LogP contribution in [0, 0.1) is 0 Å². The van der Waals surface area contributed by atoms with E-state index < -0.39 is 0 Å². The second-order valence-corrected chi connectivity index (χ2v) is 2.94. The molecule has 58 valence electrons. The second kappa shape index (κ2) is 3.71. The minimum absolute atomic E-state index is 0.894. The summed E-state index contributed by atoms with van der Waals surface area (Å²) >= 11 is 0. The second-order valence-electron chi connectivity index (χ2n) is 2.94. The van der Waals surface area contributed by atoms with Crippen molar-refractivity contribution in [2.45, 2.75) is 25.3 Å². The summed E-state index contributed by atoms with van der Waals surface area (Å²) in [7, 11) is 4.03. The average molecular weight is 140 g/mol. The largest absolute Gasteiger partial charge is 0.303 e. The highest BCUT2D eigenvalue weighted by Gasteiger charge is 2.24. The Bertz CT molecular complexity index is 116. The van der Waals surface area contributed by atoms with Gasteiger partial charge in [-0.05, 0) is 32.5 Å². The molecule has 0 N–H and O–H groups in total. The van der Waals surface area contributed by atoms with Crippen molar-refractivity contribution in [3.8, 4) is 0 Å². The molecule has 0 bridgehead atoms. The van der Waals surface area contributed by atoms with Gasteiger partial charge in [0.2, 0.25) is 0 Å². The van der Waals surface area contributed by atoms with Gasteiger partial charge in [-0.2, -0.15) is 0 Å². The monoisotopic (exact) mass is 140 g/mol. The quantitative estimate of drug-likeness (QED) is 0.535. The molecule has 0 radical (unpaired) electrons. The van der Waals surface area contributed by atoms with Crippen LogP contribution in [0.25, 0.3) is 0 Å². The third-order valence-electron chi connectivity index (χ3n) is 1.96. The van der Waals surface area contributed by atoms with Crippen molar-refractivity contribution in [3.63, 3.8) is 0 Å². The van der Waals surface area contributed by atoms with Crippen LogP contribution in [0.5, 0.6) is 0 Å². The first kappa shape index (κ1) is 7.73. The van der Waals surface area contributed by atoms with Crippen molar-refractivity contribution in [3.05, 3.63) is 0 Å². The van der Waals surface area contributed by atoms with Gasteiger partial charge in [0.1, 0.15) is 0 Å². The first-order valence-corrected chi connectivity index (χ1v) is 3.95. The molecule has 1 saturated carbocycles. The Morgan fingerprint density at radius 3 is 2.80 bits per heavy atom. The lowest BCUT2D eigenvalue weighted by Crippen LogP contribution is -2.21. The number of aliphatic imine (C=N–C) groups is 1. The van der Waals surface area contributed by atoms with Gasteiger partial charge in [0.05, 0.1) is 0 Å². The average Bonchev–Trinajstić information content (AvgIpc) is 2.69. The summed E-state index contributed by atoms with van der Waals surface area (Å²) in [6, 6.07) is 0.894. The number of rotatable bonds is 4. The summed E-state index contributed by atoms with van der Waals surface area (Å²) in [5.74, 6) is 0. The fourth-order valence-corrected chi connectivity index (χ4v) is 1.09. The molecule has 0 unspecified atom stereocenters. The minimum atomic E-state index is 0.894. The van der Waals surface area contributed by atoms with Crippen LogP contribution in [0.2, 0.25) is 0 Å². The van der Waals surface area contributed by atoms with E-state index in [-0.39, 0.29) is 0 Å². The van der Waals surface area contributed by atoms with Crippen LogP contribution in [0.4, 0.5) is 0 Å². The molecule has 0 spiro atoms. The van der Waals surface area contributed by atoms with E-state index in [1.54, 1.807) is 0 Å². The molecule has 2 nitrogen and oxygen atoms in total. The fourth-order valence-electron chi connectivity index (χ4n) is 1.09. The Hall–Kier alpha value is -0.370. The van der Waals surface area contributed by atoms with Gasteiger partial charge in [0.25, 0.3) is 0 Å². The fraction of sp³-hybridized carbons (Fsp3) is 0.875. The Morgan fingerprint density at radius 2 is 2.30 bits per heavy atom. The summed E-state index contributed by atoms with van der Waals surface area (Å²) in [5.41, 5.74) is 0. The van der Waals surface area contributed by atoms with Crippen LogP contribution in [-0.4, -0.2) is 37.8 Å². The van der Waals surface area contributed by atoms with Gasteiger partial charge < -0.3 is 9.89 Å². The van der Waals surface area contributed by atoms with Gasteiger partial charge in [0.15, 0.2) is 0 Å². The van der Waals surface area contributed by atoms with Crippen LogP contribution in [0.15, 0.2) is 4.99 Å². The number of hydrogen-bond acceptors (Lipinski definition) is 2. The third kappa shape index (κ3) is 2.48. The molecule has 2 heteroatoms. The molecule has 0 atom stereocenters. The summed E-state index contributed by atoms with van der Waals surface area (Å²) in [4.78, 5) is 6.35. The molecule has 0 amide bonds. The lowest BCUT2D eigenvalue weighted by molar-refractivity contribution is 0.335.